The normalized spacial score (nSPS) is 15.5. The van der Waals surface area contributed by atoms with Gasteiger partial charge in [0.25, 0.3) is 0 Å². The first-order chi connectivity index (χ1) is 10.2. The number of hydrogen-bond donors (Lipinski definition) is 1. The van der Waals surface area contributed by atoms with Crippen molar-refractivity contribution >= 4 is 0 Å². The Labute approximate surface area is 124 Å². The smallest absolute Gasteiger partial charge is 0.165 e. The molecule has 1 unspecified atom stereocenters. The van der Waals surface area contributed by atoms with Gasteiger partial charge in [-0.05, 0) is 19.9 Å². The lowest BCUT2D eigenvalue weighted by atomic mass is 10.1. The molecule has 5 heteroatoms. The molecule has 1 atom stereocenters. The molecule has 0 radical (unpaired) electrons. The molecular formula is C16H20N2O3. The average Bonchev–Trinajstić information content (AvgIpc) is 2.78. The van der Waals surface area contributed by atoms with E-state index in [9.17, 15) is 0 Å². The van der Waals surface area contributed by atoms with Crippen molar-refractivity contribution in [3.05, 3.63) is 41.3 Å². The Hall–Kier alpha value is -2.01. The molecule has 5 nitrogen and oxygen atoms in total. The Balaban J connectivity index is 1.70. The summed E-state index contributed by atoms with van der Waals surface area (Å²) in [7, 11) is 0. The van der Waals surface area contributed by atoms with Crippen molar-refractivity contribution in [1.82, 2.24) is 10.5 Å². The summed E-state index contributed by atoms with van der Waals surface area (Å²) in [4.78, 5) is 0. The second kappa shape index (κ2) is 6.18. The van der Waals surface area contributed by atoms with E-state index in [0.29, 0.717) is 19.8 Å². The predicted octanol–water partition coefficient (Wildman–Crippen LogP) is 3.00. The van der Waals surface area contributed by atoms with E-state index >= 15 is 0 Å². The Morgan fingerprint density at radius 1 is 1.29 bits per heavy atom. The van der Waals surface area contributed by atoms with Gasteiger partial charge < -0.3 is 19.3 Å². The van der Waals surface area contributed by atoms with Gasteiger partial charge in [-0.3, -0.25) is 0 Å². The van der Waals surface area contributed by atoms with Crippen LogP contribution < -0.4 is 14.8 Å². The van der Waals surface area contributed by atoms with Crippen molar-refractivity contribution in [2.24, 2.45) is 0 Å². The summed E-state index contributed by atoms with van der Waals surface area (Å²) >= 11 is 0. The van der Waals surface area contributed by atoms with E-state index in [-0.39, 0.29) is 6.04 Å². The molecule has 0 spiro atoms. The van der Waals surface area contributed by atoms with Crippen LogP contribution in [-0.2, 0) is 6.54 Å². The summed E-state index contributed by atoms with van der Waals surface area (Å²) in [5.74, 6) is 2.51. The fourth-order valence-electron chi connectivity index (χ4n) is 2.35. The number of nitrogens with one attached hydrogen (secondary N) is 1. The molecule has 0 saturated heterocycles. The van der Waals surface area contributed by atoms with Gasteiger partial charge in [-0.25, -0.2) is 0 Å². The van der Waals surface area contributed by atoms with E-state index in [1.807, 2.05) is 25.1 Å². The number of rotatable bonds is 4. The highest BCUT2D eigenvalue weighted by Gasteiger charge is 2.16. The lowest BCUT2D eigenvalue weighted by Crippen LogP contribution is -2.19. The van der Waals surface area contributed by atoms with Crippen LogP contribution in [0.25, 0.3) is 0 Å². The minimum absolute atomic E-state index is 0.116. The van der Waals surface area contributed by atoms with Gasteiger partial charge in [-0.1, -0.05) is 17.3 Å². The number of para-hydroxylation sites is 1. The minimum Gasteiger partial charge on any atom is -0.490 e. The number of hydrogen-bond acceptors (Lipinski definition) is 5. The molecule has 3 rings (SSSR count). The molecule has 1 aromatic carbocycles. The number of fused-ring (bicyclic) bond motifs is 1. The van der Waals surface area contributed by atoms with Crippen LogP contribution in [0.4, 0.5) is 0 Å². The summed E-state index contributed by atoms with van der Waals surface area (Å²) in [6.07, 6.45) is 0.913. The first-order valence-corrected chi connectivity index (χ1v) is 7.28. The number of aryl methyl sites for hydroxylation is 1. The van der Waals surface area contributed by atoms with Crippen molar-refractivity contribution < 1.29 is 14.0 Å². The second-order valence-corrected chi connectivity index (χ2v) is 5.26. The molecule has 0 aliphatic carbocycles. The highest BCUT2D eigenvalue weighted by Crippen LogP contribution is 2.33. The number of aromatic nitrogens is 1. The Morgan fingerprint density at radius 3 is 2.95 bits per heavy atom. The summed E-state index contributed by atoms with van der Waals surface area (Å²) < 4.78 is 16.6. The van der Waals surface area contributed by atoms with Crippen LogP contribution in [0, 0.1) is 6.92 Å². The van der Waals surface area contributed by atoms with Crippen molar-refractivity contribution in [2.75, 3.05) is 13.2 Å². The van der Waals surface area contributed by atoms with Gasteiger partial charge in [0.1, 0.15) is 11.5 Å². The molecule has 0 fully saturated rings. The monoisotopic (exact) mass is 288 g/mol. The second-order valence-electron chi connectivity index (χ2n) is 5.26. The van der Waals surface area contributed by atoms with Gasteiger partial charge in [0.05, 0.1) is 19.3 Å². The quantitative estimate of drug-likeness (QED) is 0.937. The van der Waals surface area contributed by atoms with Gasteiger partial charge in [0, 0.05) is 24.6 Å². The van der Waals surface area contributed by atoms with Crippen molar-refractivity contribution in [1.29, 1.82) is 0 Å². The van der Waals surface area contributed by atoms with Crippen LogP contribution in [0.5, 0.6) is 11.5 Å². The number of nitrogens with zero attached hydrogens (tertiary/aromatic N) is 1. The van der Waals surface area contributed by atoms with E-state index in [4.69, 9.17) is 14.0 Å². The molecule has 2 aromatic rings. The molecule has 1 aliphatic heterocycles. The molecule has 2 heterocycles. The SMILES string of the molecule is Cc1cc(C(C)NCc2cccc3c2OCCCO3)no1. The average molecular weight is 288 g/mol. The van der Waals surface area contributed by atoms with Crippen molar-refractivity contribution in [3.63, 3.8) is 0 Å². The maximum absolute atomic E-state index is 5.82. The van der Waals surface area contributed by atoms with Crippen LogP contribution in [0.3, 0.4) is 0 Å². The molecule has 1 aromatic heterocycles. The molecule has 1 aliphatic rings. The maximum Gasteiger partial charge on any atom is 0.165 e. The Morgan fingerprint density at radius 2 is 2.14 bits per heavy atom. The summed E-state index contributed by atoms with van der Waals surface area (Å²) in [6.45, 7) is 6.06. The highest BCUT2D eigenvalue weighted by molar-refractivity contribution is 5.47. The summed E-state index contributed by atoms with van der Waals surface area (Å²) in [5, 5.41) is 7.48. The topological polar surface area (TPSA) is 56.5 Å². The summed E-state index contributed by atoms with van der Waals surface area (Å²) in [5.41, 5.74) is 2.01. The van der Waals surface area contributed by atoms with E-state index in [0.717, 1.165) is 34.9 Å². The Bertz CT molecular complexity index is 609. The molecule has 1 N–H and O–H groups in total. The van der Waals surface area contributed by atoms with E-state index in [1.54, 1.807) is 0 Å². The molecular weight excluding hydrogens is 268 g/mol. The van der Waals surface area contributed by atoms with Crippen LogP contribution in [0.1, 0.15) is 36.4 Å². The van der Waals surface area contributed by atoms with E-state index in [1.165, 1.54) is 0 Å². The van der Waals surface area contributed by atoms with E-state index in [2.05, 4.69) is 23.5 Å². The maximum atomic E-state index is 5.82. The fourth-order valence-corrected chi connectivity index (χ4v) is 2.35. The number of ether oxygens (including phenoxy) is 2. The lowest BCUT2D eigenvalue weighted by molar-refractivity contribution is 0.295. The zero-order chi connectivity index (χ0) is 14.7. The predicted molar refractivity (Wildman–Crippen MR) is 78.5 cm³/mol. The zero-order valence-corrected chi connectivity index (χ0v) is 12.4. The fraction of sp³-hybridized carbons (Fsp3) is 0.438. The van der Waals surface area contributed by atoms with Gasteiger partial charge >= 0.3 is 0 Å². The van der Waals surface area contributed by atoms with Gasteiger partial charge in [-0.2, -0.15) is 0 Å². The molecule has 0 saturated carbocycles. The first kappa shape index (κ1) is 13.9. The van der Waals surface area contributed by atoms with Crippen LogP contribution in [-0.4, -0.2) is 18.4 Å². The van der Waals surface area contributed by atoms with Crippen LogP contribution in [0.2, 0.25) is 0 Å². The zero-order valence-electron chi connectivity index (χ0n) is 12.4. The van der Waals surface area contributed by atoms with Gasteiger partial charge in [0.2, 0.25) is 0 Å². The lowest BCUT2D eigenvalue weighted by Gasteiger charge is -2.15. The molecule has 21 heavy (non-hydrogen) atoms. The third-order valence-electron chi connectivity index (χ3n) is 3.54. The molecule has 0 amide bonds. The van der Waals surface area contributed by atoms with Gasteiger partial charge in [0.15, 0.2) is 11.5 Å². The molecule has 0 bridgehead atoms. The van der Waals surface area contributed by atoms with E-state index < -0.39 is 0 Å². The van der Waals surface area contributed by atoms with Crippen LogP contribution in [0.15, 0.2) is 28.8 Å². The van der Waals surface area contributed by atoms with Crippen molar-refractivity contribution in [2.45, 2.75) is 32.9 Å². The third-order valence-corrected chi connectivity index (χ3v) is 3.54. The Kier molecular flexibility index (Phi) is 4.10. The highest BCUT2D eigenvalue weighted by atomic mass is 16.5. The standard InChI is InChI=1S/C16H20N2O3/c1-11-9-14(18-21-11)12(2)17-10-13-5-3-6-15-16(13)20-8-4-7-19-15/h3,5-6,9,12,17H,4,7-8,10H2,1-2H3. The van der Waals surface area contributed by atoms with Crippen LogP contribution >= 0.6 is 0 Å². The van der Waals surface area contributed by atoms with Crippen molar-refractivity contribution in [3.8, 4) is 11.5 Å². The first-order valence-electron chi connectivity index (χ1n) is 7.28. The molecule has 112 valence electrons. The summed E-state index contributed by atoms with van der Waals surface area (Å²) in [6, 6.07) is 8.07. The number of benzene rings is 1. The van der Waals surface area contributed by atoms with Gasteiger partial charge in [-0.15, -0.1) is 0 Å². The minimum atomic E-state index is 0.116. The third kappa shape index (κ3) is 3.19. The largest absolute Gasteiger partial charge is 0.490 e.